The van der Waals surface area contributed by atoms with Gasteiger partial charge in [0.1, 0.15) is 5.82 Å². The van der Waals surface area contributed by atoms with Crippen LogP contribution in [0.3, 0.4) is 0 Å². The van der Waals surface area contributed by atoms with Crippen LogP contribution in [0.1, 0.15) is 47.0 Å². The number of anilines is 2. The molecule has 0 unspecified atom stereocenters. The van der Waals surface area contributed by atoms with Gasteiger partial charge >= 0.3 is 0 Å². The molecule has 0 aliphatic rings. The Bertz CT molecular complexity index is 332. The second-order valence-corrected chi connectivity index (χ2v) is 4.75. The molecule has 96 valence electrons. The molecule has 0 aromatic carbocycles. The Morgan fingerprint density at radius 3 is 2.53 bits per heavy atom. The highest BCUT2D eigenvalue weighted by molar-refractivity contribution is 5.53. The van der Waals surface area contributed by atoms with Crippen molar-refractivity contribution in [3.8, 4) is 0 Å². The Balaban J connectivity index is 2.71. The largest absolute Gasteiger partial charge is 0.380 e. The van der Waals surface area contributed by atoms with Crippen molar-refractivity contribution >= 4 is 11.5 Å². The SMILES string of the molecule is CCCNc1cc(NC(C)(CC)CC)ccn1. The highest BCUT2D eigenvalue weighted by Gasteiger charge is 2.18. The summed E-state index contributed by atoms with van der Waals surface area (Å²) >= 11 is 0. The van der Waals surface area contributed by atoms with Crippen LogP contribution in [-0.4, -0.2) is 17.1 Å². The third-order valence-electron chi connectivity index (χ3n) is 3.32. The Kier molecular flexibility index (Phi) is 5.26. The average molecular weight is 235 g/mol. The van der Waals surface area contributed by atoms with E-state index < -0.39 is 0 Å². The number of aromatic nitrogens is 1. The summed E-state index contributed by atoms with van der Waals surface area (Å²) in [7, 11) is 0. The number of hydrogen-bond acceptors (Lipinski definition) is 3. The highest BCUT2D eigenvalue weighted by atomic mass is 15.0. The maximum atomic E-state index is 4.31. The first kappa shape index (κ1) is 13.8. The molecule has 17 heavy (non-hydrogen) atoms. The predicted molar refractivity (Wildman–Crippen MR) is 75.6 cm³/mol. The van der Waals surface area contributed by atoms with Gasteiger partial charge in [0.15, 0.2) is 0 Å². The lowest BCUT2D eigenvalue weighted by Crippen LogP contribution is -2.32. The molecule has 0 radical (unpaired) electrons. The van der Waals surface area contributed by atoms with E-state index in [9.17, 15) is 0 Å². The summed E-state index contributed by atoms with van der Waals surface area (Å²) in [6, 6.07) is 4.11. The third kappa shape index (κ3) is 4.25. The van der Waals surface area contributed by atoms with Gasteiger partial charge in [-0.3, -0.25) is 0 Å². The topological polar surface area (TPSA) is 37.0 Å². The molecule has 2 N–H and O–H groups in total. The fourth-order valence-corrected chi connectivity index (χ4v) is 1.63. The van der Waals surface area contributed by atoms with E-state index in [2.05, 4.69) is 49.4 Å². The van der Waals surface area contributed by atoms with Crippen LogP contribution >= 0.6 is 0 Å². The number of nitrogens with zero attached hydrogens (tertiary/aromatic N) is 1. The standard InChI is InChI=1S/C14H25N3/c1-5-9-15-13-11-12(8-10-16-13)17-14(4,6-2)7-3/h8,10-11H,5-7,9H2,1-4H3,(H2,15,16,17). The molecule has 3 nitrogen and oxygen atoms in total. The van der Waals surface area contributed by atoms with Crippen molar-refractivity contribution in [2.75, 3.05) is 17.2 Å². The molecular formula is C14H25N3. The molecule has 1 heterocycles. The van der Waals surface area contributed by atoms with Crippen molar-refractivity contribution in [2.24, 2.45) is 0 Å². The van der Waals surface area contributed by atoms with Gasteiger partial charge in [0, 0.05) is 30.0 Å². The van der Waals surface area contributed by atoms with Crippen molar-refractivity contribution in [3.63, 3.8) is 0 Å². The number of hydrogen-bond donors (Lipinski definition) is 2. The van der Waals surface area contributed by atoms with Gasteiger partial charge in [-0.2, -0.15) is 0 Å². The Morgan fingerprint density at radius 1 is 1.24 bits per heavy atom. The van der Waals surface area contributed by atoms with Crippen LogP contribution in [0.2, 0.25) is 0 Å². The molecule has 0 aliphatic heterocycles. The van der Waals surface area contributed by atoms with Crippen LogP contribution in [0.25, 0.3) is 0 Å². The first-order valence-corrected chi connectivity index (χ1v) is 6.61. The minimum absolute atomic E-state index is 0.170. The zero-order chi connectivity index (χ0) is 12.7. The van der Waals surface area contributed by atoms with Crippen molar-refractivity contribution in [3.05, 3.63) is 18.3 Å². The lowest BCUT2D eigenvalue weighted by molar-refractivity contribution is 0.478. The summed E-state index contributed by atoms with van der Waals surface area (Å²) in [6.07, 6.45) is 5.19. The van der Waals surface area contributed by atoms with E-state index in [1.807, 2.05) is 12.3 Å². The van der Waals surface area contributed by atoms with Gasteiger partial charge in [-0.25, -0.2) is 4.98 Å². The van der Waals surface area contributed by atoms with Crippen molar-refractivity contribution in [1.29, 1.82) is 0 Å². The van der Waals surface area contributed by atoms with Crippen LogP contribution in [0.4, 0.5) is 11.5 Å². The summed E-state index contributed by atoms with van der Waals surface area (Å²) in [6.45, 7) is 9.81. The van der Waals surface area contributed by atoms with Gasteiger partial charge in [0.05, 0.1) is 0 Å². The molecule has 3 heteroatoms. The van der Waals surface area contributed by atoms with E-state index in [-0.39, 0.29) is 5.54 Å². The lowest BCUT2D eigenvalue weighted by Gasteiger charge is -2.29. The van der Waals surface area contributed by atoms with Gasteiger partial charge in [-0.05, 0) is 32.3 Å². The summed E-state index contributed by atoms with van der Waals surface area (Å²) in [5.74, 6) is 0.950. The minimum Gasteiger partial charge on any atom is -0.380 e. The van der Waals surface area contributed by atoms with Crippen LogP contribution in [-0.2, 0) is 0 Å². The fraction of sp³-hybridized carbons (Fsp3) is 0.643. The first-order valence-electron chi connectivity index (χ1n) is 6.61. The quantitative estimate of drug-likeness (QED) is 0.752. The van der Waals surface area contributed by atoms with Gasteiger partial charge < -0.3 is 10.6 Å². The summed E-state index contributed by atoms with van der Waals surface area (Å²) in [5, 5.41) is 6.90. The Hall–Kier alpha value is -1.25. The van der Waals surface area contributed by atoms with Gasteiger partial charge in [0.25, 0.3) is 0 Å². The van der Waals surface area contributed by atoms with E-state index in [1.165, 1.54) is 0 Å². The van der Waals surface area contributed by atoms with Crippen LogP contribution in [0.5, 0.6) is 0 Å². The number of rotatable bonds is 7. The van der Waals surface area contributed by atoms with Crippen molar-refractivity contribution in [2.45, 2.75) is 52.5 Å². The average Bonchev–Trinajstić information content (AvgIpc) is 2.36. The predicted octanol–water partition coefficient (Wildman–Crippen LogP) is 3.89. The normalized spacial score (nSPS) is 11.3. The Labute approximate surface area is 105 Å². The van der Waals surface area contributed by atoms with Crippen LogP contribution < -0.4 is 10.6 Å². The Morgan fingerprint density at radius 2 is 1.94 bits per heavy atom. The maximum Gasteiger partial charge on any atom is 0.127 e. The molecule has 0 saturated heterocycles. The third-order valence-corrected chi connectivity index (χ3v) is 3.32. The molecule has 0 bridgehead atoms. The van der Waals surface area contributed by atoms with E-state index in [0.29, 0.717) is 0 Å². The van der Waals surface area contributed by atoms with E-state index in [1.54, 1.807) is 0 Å². The lowest BCUT2D eigenvalue weighted by atomic mass is 9.95. The zero-order valence-electron chi connectivity index (χ0n) is 11.5. The number of nitrogens with one attached hydrogen (secondary N) is 2. The van der Waals surface area contributed by atoms with E-state index in [4.69, 9.17) is 0 Å². The minimum atomic E-state index is 0.170. The highest BCUT2D eigenvalue weighted by Crippen LogP contribution is 2.22. The smallest absolute Gasteiger partial charge is 0.127 e. The first-order chi connectivity index (χ1) is 8.13. The van der Waals surface area contributed by atoms with Gasteiger partial charge in [0.2, 0.25) is 0 Å². The molecule has 0 fully saturated rings. The molecule has 1 aromatic heterocycles. The zero-order valence-corrected chi connectivity index (χ0v) is 11.5. The molecule has 0 spiro atoms. The molecule has 0 amide bonds. The molecule has 0 atom stereocenters. The molecule has 0 saturated carbocycles. The molecule has 1 rings (SSSR count). The van der Waals surface area contributed by atoms with Gasteiger partial charge in [-0.15, -0.1) is 0 Å². The summed E-state index contributed by atoms with van der Waals surface area (Å²) in [5.41, 5.74) is 1.31. The van der Waals surface area contributed by atoms with Crippen LogP contribution in [0, 0.1) is 0 Å². The van der Waals surface area contributed by atoms with Crippen molar-refractivity contribution in [1.82, 2.24) is 4.98 Å². The molecule has 1 aromatic rings. The summed E-state index contributed by atoms with van der Waals surface area (Å²) in [4.78, 5) is 4.31. The van der Waals surface area contributed by atoms with Gasteiger partial charge in [-0.1, -0.05) is 20.8 Å². The maximum absolute atomic E-state index is 4.31. The summed E-state index contributed by atoms with van der Waals surface area (Å²) < 4.78 is 0. The second-order valence-electron chi connectivity index (χ2n) is 4.75. The van der Waals surface area contributed by atoms with Crippen molar-refractivity contribution < 1.29 is 0 Å². The molecular weight excluding hydrogens is 210 g/mol. The molecule has 0 aliphatic carbocycles. The second kappa shape index (κ2) is 6.48. The van der Waals surface area contributed by atoms with E-state index >= 15 is 0 Å². The van der Waals surface area contributed by atoms with Crippen LogP contribution in [0.15, 0.2) is 18.3 Å². The van der Waals surface area contributed by atoms with E-state index in [0.717, 1.165) is 37.3 Å². The monoisotopic (exact) mass is 235 g/mol. The fourth-order valence-electron chi connectivity index (χ4n) is 1.63. The number of pyridine rings is 1.